The minimum atomic E-state index is -1.07. The van der Waals surface area contributed by atoms with Gasteiger partial charge >= 0.3 is 11.9 Å². The first-order valence-corrected chi connectivity index (χ1v) is 6.59. The van der Waals surface area contributed by atoms with Gasteiger partial charge in [0.05, 0.1) is 17.0 Å². The maximum absolute atomic E-state index is 11.5. The van der Waals surface area contributed by atoms with Crippen molar-refractivity contribution in [3.63, 3.8) is 0 Å². The van der Waals surface area contributed by atoms with Crippen molar-refractivity contribution in [1.82, 2.24) is 9.97 Å². The minimum absolute atomic E-state index is 0.0571. The van der Waals surface area contributed by atoms with E-state index in [9.17, 15) is 9.59 Å². The van der Waals surface area contributed by atoms with Crippen molar-refractivity contribution in [2.24, 2.45) is 0 Å². The van der Waals surface area contributed by atoms with Crippen LogP contribution in [-0.2, 0) is 9.53 Å². The highest BCUT2D eigenvalue weighted by molar-refractivity contribution is 7.99. The molecule has 0 radical (unpaired) electrons. The highest BCUT2D eigenvalue weighted by atomic mass is 32.2. The Morgan fingerprint density at radius 2 is 2.05 bits per heavy atom. The number of carboxylic acids is 1. The van der Waals surface area contributed by atoms with Crippen molar-refractivity contribution >= 4 is 23.7 Å². The van der Waals surface area contributed by atoms with Gasteiger partial charge in [-0.1, -0.05) is 11.8 Å². The molecule has 0 aliphatic carbocycles. The number of aromatic carboxylic acids is 1. The predicted octanol–water partition coefficient (Wildman–Crippen LogP) is 1.92. The maximum Gasteiger partial charge on any atom is 0.339 e. The van der Waals surface area contributed by atoms with Crippen LogP contribution in [0.2, 0.25) is 0 Å². The standard InChI is InChI=1S/C12H16N2O4S/c1-7-8(10(16)17)5-13-11(14-7)19-6-9(15)18-12(2,3)4/h5H,6H2,1-4H3,(H,16,17). The number of hydrogen-bond donors (Lipinski definition) is 1. The molecule has 19 heavy (non-hydrogen) atoms. The van der Waals surface area contributed by atoms with Crippen LogP contribution in [0.3, 0.4) is 0 Å². The number of aryl methyl sites for hydroxylation is 1. The van der Waals surface area contributed by atoms with Crippen LogP contribution in [0.4, 0.5) is 0 Å². The molecule has 0 amide bonds. The molecule has 1 rings (SSSR count). The first kappa shape index (κ1) is 15.4. The maximum atomic E-state index is 11.5. The van der Waals surface area contributed by atoms with Gasteiger partial charge in [-0.15, -0.1) is 0 Å². The summed E-state index contributed by atoms with van der Waals surface area (Å²) in [6, 6.07) is 0. The van der Waals surface area contributed by atoms with E-state index < -0.39 is 11.6 Å². The topological polar surface area (TPSA) is 89.4 Å². The van der Waals surface area contributed by atoms with Crippen molar-refractivity contribution in [2.45, 2.75) is 38.5 Å². The third-order valence-electron chi connectivity index (χ3n) is 1.93. The van der Waals surface area contributed by atoms with Gasteiger partial charge in [-0.2, -0.15) is 0 Å². The Bertz CT molecular complexity index is 497. The molecule has 0 saturated carbocycles. The molecule has 6 nitrogen and oxygen atoms in total. The van der Waals surface area contributed by atoms with Crippen LogP contribution in [0.15, 0.2) is 11.4 Å². The fourth-order valence-electron chi connectivity index (χ4n) is 1.22. The molecular weight excluding hydrogens is 268 g/mol. The van der Waals surface area contributed by atoms with E-state index >= 15 is 0 Å². The molecule has 0 aliphatic heterocycles. The summed E-state index contributed by atoms with van der Waals surface area (Å²) in [5.74, 6) is -1.34. The second-order valence-electron chi connectivity index (χ2n) is 4.83. The van der Waals surface area contributed by atoms with Gasteiger partial charge in [-0.05, 0) is 27.7 Å². The average molecular weight is 284 g/mol. The van der Waals surface area contributed by atoms with E-state index in [1.54, 1.807) is 27.7 Å². The number of nitrogens with zero attached hydrogens (tertiary/aromatic N) is 2. The molecular formula is C12H16N2O4S. The van der Waals surface area contributed by atoms with Crippen LogP contribution >= 0.6 is 11.8 Å². The van der Waals surface area contributed by atoms with Crippen molar-refractivity contribution in [3.05, 3.63) is 17.5 Å². The summed E-state index contributed by atoms with van der Waals surface area (Å²) in [5, 5.41) is 9.20. The molecule has 7 heteroatoms. The monoisotopic (exact) mass is 284 g/mol. The lowest BCUT2D eigenvalue weighted by atomic mass is 10.2. The molecule has 0 bridgehead atoms. The summed E-state index contributed by atoms with van der Waals surface area (Å²) >= 11 is 1.11. The van der Waals surface area contributed by atoms with Crippen LogP contribution in [0, 0.1) is 6.92 Å². The van der Waals surface area contributed by atoms with E-state index in [1.807, 2.05) is 0 Å². The van der Waals surface area contributed by atoms with Gasteiger partial charge in [0.2, 0.25) is 0 Å². The van der Waals surface area contributed by atoms with E-state index in [0.717, 1.165) is 11.8 Å². The summed E-state index contributed by atoms with van der Waals surface area (Å²) in [6.07, 6.45) is 1.24. The number of carbonyl (C=O) groups excluding carboxylic acids is 1. The average Bonchev–Trinajstić information content (AvgIpc) is 2.23. The third-order valence-corrected chi connectivity index (χ3v) is 2.76. The van der Waals surface area contributed by atoms with Crippen LogP contribution < -0.4 is 0 Å². The first-order chi connectivity index (χ1) is 8.69. The molecule has 1 heterocycles. The number of carboxylic acid groups (broad SMARTS) is 1. The number of esters is 1. The van der Waals surface area contributed by atoms with Crippen molar-refractivity contribution in [1.29, 1.82) is 0 Å². The molecule has 0 fully saturated rings. The Hall–Kier alpha value is -1.63. The number of carbonyl (C=O) groups is 2. The first-order valence-electron chi connectivity index (χ1n) is 5.60. The fourth-order valence-corrected chi connectivity index (χ4v) is 1.85. The van der Waals surface area contributed by atoms with E-state index in [-0.39, 0.29) is 17.3 Å². The quantitative estimate of drug-likeness (QED) is 0.513. The van der Waals surface area contributed by atoms with Gasteiger partial charge in [0.15, 0.2) is 5.16 Å². The molecule has 104 valence electrons. The SMILES string of the molecule is Cc1nc(SCC(=O)OC(C)(C)C)ncc1C(=O)O. The highest BCUT2D eigenvalue weighted by Gasteiger charge is 2.17. The van der Waals surface area contributed by atoms with Gasteiger partial charge in [-0.3, -0.25) is 4.79 Å². The van der Waals surface area contributed by atoms with E-state index in [0.29, 0.717) is 10.9 Å². The van der Waals surface area contributed by atoms with Gasteiger partial charge < -0.3 is 9.84 Å². The summed E-state index contributed by atoms with van der Waals surface area (Å²) in [7, 11) is 0. The largest absolute Gasteiger partial charge is 0.478 e. The number of thioether (sulfide) groups is 1. The summed E-state index contributed by atoms with van der Waals surface area (Å²) in [4.78, 5) is 30.2. The van der Waals surface area contributed by atoms with Crippen LogP contribution in [0.5, 0.6) is 0 Å². The number of hydrogen-bond acceptors (Lipinski definition) is 6. The highest BCUT2D eigenvalue weighted by Crippen LogP contribution is 2.16. The Balaban J connectivity index is 2.62. The summed E-state index contributed by atoms with van der Waals surface area (Å²) in [5.41, 5.74) is -0.0995. The molecule has 0 atom stereocenters. The van der Waals surface area contributed by atoms with Crippen LogP contribution in [0.1, 0.15) is 36.8 Å². The van der Waals surface area contributed by atoms with E-state index in [2.05, 4.69) is 9.97 Å². The Labute approximate surface area is 115 Å². The van der Waals surface area contributed by atoms with Gasteiger partial charge in [0.1, 0.15) is 5.60 Å². The molecule has 1 aromatic rings. The Kier molecular flexibility index (Phi) is 4.88. The normalized spacial score (nSPS) is 11.2. The smallest absolute Gasteiger partial charge is 0.339 e. The van der Waals surface area contributed by atoms with Crippen molar-refractivity contribution in [2.75, 3.05) is 5.75 Å². The number of rotatable bonds is 4. The zero-order chi connectivity index (χ0) is 14.6. The molecule has 1 N–H and O–H groups in total. The predicted molar refractivity (Wildman–Crippen MR) is 70.3 cm³/mol. The summed E-state index contributed by atoms with van der Waals surface area (Å²) < 4.78 is 5.14. The molecule has 0 spiro atoms. The molecule has 0 aliphatic rings. The fraction of sp³-hybridized carbons (Fsp3) is 0.500. The number of ether oxygens (including phenoxy) is 1. The van der Waals surface area contributed by atoms with Crippen LogP contribution in [0.25, 0.3) is 0 Å². The molecule has 0 aromatic carbocycles. The second kappa shape index (κ2) is 6.01. The Morgan fingerprint density at radius 3 is 2.53 bits per heavy atom. The lowest BCUT2D eigenvalue weighted by Crippen LogP contribution is -2.25. The van der Waals surface area contributed by atoms with E-state index in [4.69, 9.17) is 9.84 Å². The van der Waals surface area contributed by atoms with Crippen molar-refractivity contribution < 1.29 is 19.4 Å². The van der Waals surface area contributed by atoms with E-state index in [1.165, 1.54) is 6.20 Å². The third kappa shape index (κ3) is 5.25. The van der Waals surface area contributed by atoms with Crippen LogP contribution in [-0.4, -0.2) is 38.4 Å². The molecule has 0 saturated heterocycles. The van der Waals surface area contributed by atoms with Gasteiger partial charge in [0.25, 0.3) is 0 Å². The minimum Gasteiger partial charge on any atom is -0.478 e. The molecule has 0 unspecified atom stereocenters. The number of aromatic nitrogens is 2. The second-order valence-corrected chi connectivity index (χ2v) is 5.77. The molecule has 1 aromatic heterocycles. The Morgan fingerprint density at radius 1 is 1.42 bits per heavy atom. The van der Waals surface area contributed by atoms with Gasteiger partial charge in [-0.25, -0.2) is 14.8 Å². The summed E-state index contributed by atoms with van der Waals surface area (Å²) in [6.45, 7) is 6.95. The lowest BCUT2D eigenvalue weighted by Gasteiger charge is -2.19. The zero-order valence-electron chi connectivity index (χ0n) is 11.3. The van der Waals surface area contributed by atoms with Crippen molar-refractivity contribution in [3.8, 4) is 0 Å². The van der Waals surface area contributed by atoms with Gasteiger partial charge in [0, 0.05) is 6.20 Å². The zero-order valence-corrected chi connectivity index (χ0v) is 12.1. The lowest BCUT2D eigenvalue weighted by molar-refractivity contribution is -0.151.